The van der Waals surface area contributed by atoms with Crippen LogP contribution >= 0.6 is 0 Å². The number of fused-ring (bicyclic) bond motifs is 1. The van der Waals surface area contributed by atoms with E-state index in [9.17, 15) is 4.79 Å². The number of rotatable bonds is 4. The predicted molar refractivity (Wildman–Crippen MR) is 94.1 cm³/mol. The summed E-state index contributed by atoms with van der Waals surface area (Å²) in [7, 11) is 0. The Morgan fingerprint density at radius 2 is 1.61 bits per heavy atom. The predicted octanol–water partition coefficient (Wildman–Crippen LogP) is 4.83. The van der Waals surface area contributed by atoms with Gasteiger partial charge in [-0.15, -0.1) is 0 Å². The largest absolute Gasteiger partial charge is 0.463 e. The highest BCUT2D eigenvalue weighted by atomic mass is 16.5. The van der Waals surface area contributed by atoms with Crippen molar-refractivity contribution < 1.29 is 9.53 Å². The van der Waals surface area contributed by atoms with Gasteiger partial charge in [-0.1, -0.05) is 72.8 Å². The van der Waals surface area contributed by atoms with Crippen LogP contribution in [0.1, 0.15) is 18.1 Å². The lowest BCUT2D eigenvalue weighted by molar-refractivity contribution is -0.137. The highest BCUT2D eigenvalue weighted by Crippen LogP contribution is 2.30. The van der Waals surface area contributed by atoms with Crippen LogP contribution in [0.25, 0.3) is 16.3 Å². The second kappa shape index (κ2) is 6.93. The average molecular weight is 302 g/mol. The van der Waals surface area contributed by atoms with Crippen LogP contribution in [0.2, 0.25) is 0 Å². The highest BCUT2D eigenvalue weighted by molar-refractivity contribution is 6.03. The van der Waals surface area contributed by atoms with Crippen molar-refractivity contribution in [2.45, 2.75) is 6.92 Å². The lowest BCUT2D eigenvalue weighted by Gasteiger charge is -2.12. The molecular weight excluding hydrogens is 284 g/mol. The number of hydrogen-bond donors (Lipinski definition) is 0. The fourth-order valence-corrected chi connectivity index (χ4v) is 2.70. The first kappa shape index (κ1) is 15.0. The first-order valence-corrected chi connectivity index (χ1v) is 7.71. The van der Waals surface area contributed by atoms with Gasteiger partial charge in [-0.25, -0.2) is 4.79 Å². The van der Waals surface area contributed by atoms with Gasteiger partial charge in [0, 0.05) is 6.08 Å². The van der Waals surface area contributed by atoms with E-state index in [0.717, 1.165) is 27.5 Å². The maximum atomic E-state index is 12.0. The number of benzene rings is 3. The van der Waals surface area contributed by atoms with Gasteiger partial charge in [0.1, 0.15) is 0 Å². The van der Waals surface area contributed by atoms with Crippen LogP contribution in [0.15, 0.2) is 78.9 Å². The minimum Gasteiger partial charge on any atom is -0.463 e. The molecule has 0 bridgehead atoms. The fourth-order valence-electron chi connectivity index (χ4n) is 2.70. The van der Waals surface area contributed by atoms with Gasteiger partial charge in [-0.05, 0) is 34.4 Å². The minimum atomic E-state index is -0.320. The van der Waals surface area contributed by atoms with E-state index < -0.39 is 0 Å². The maximum Gasteiger partial charge on any atom is 0.331 e. The van der Waals surface area contributed by atoms with Crippen LogP contribution < -0.4 is 0 Å². The summed E-state index contributed by atoms with van der Waals surface area (Å²) in [5.74, 6) is -0.320. The van der Waals surface area contributed by atoms with Gasteiger partial charge in [0.25, 0.3) is 0 Å². The van der Waals surface area contributed by atoms with Gasteiger partial charge in [0.2, 0.25) is 0 Å². The summed E-state index contributed by atoms with van der Waals surface area (Å²) < 4.78 is 5.11. The number of hydrogen-bond acceptors (Lipinski definition) is 2. The minimum absolute atomic E-state index is 0.320. The van der Waals surface area contributed by atoms with Gasteiger partial charge in [0.05, 0.1) is 6.61 Å². The molecule has 0 heterocycles. The molecule has 0 aliphatic rings. The summed E-state index contributed by atoms with van der Waals surface area (Å²) in [5.41, 5.74) is 2.90. The van der Waals surface area contributed by atoms with E-state index in [1.807, 2.05) is 61.5 Å². The van der Waals surface area contributed by atoms with Gasteiger partial charge in [-0.2, -0.15) is 0 Å². The van der Waals surface area contributed by atoms with Crippen LogP contribution in [0.5, 0.6) is 0 Å². The van der Waals surface area contributed by atoms with Crippen molar-refractivity contribution in [3.05, 3.63) is 90.0 Å². The van der Waals surface area contributed by atoms with Crippen molar-refractivity contribution in [3.63, 3.8) is 0 Å². The Balaban J connectivity index is 2.20. The molecule has 3 rings (SSSR count). The van der Waals surface area contributed by atoms with E-state index in [4.69, 9.17) is 4.74 Å². The van der Waals surface area contributed by atoms with E-state index in [2.05, 4.69) is 18.2 Å². The molecule has 0 amide bonds. The van der Waals surface area contributed by atoms with Crippen LogP contribution in [0.3, 0.4) is 0 Å². The summed E-state index contributed by atoms with van der Waals surface area (Å²) in [6.45, 7) is 2.18. The number of ether oxygens (including phenoxy) is 1. The molecule has 23 heavy (non-hydrogen) atoms. The molecule has 0 N–H and O–H groups in total. The molecule has 0 saturated carbocycles. The van der Waals surface area contributed by atoms with Crippen molar-refractivity contribution in [2.24, 2.45) is 0 Å². The van der Waals surface area contributed by atoms with E-state index in [1.165, 1.54) is 0 Å². The first-order chi connectivity index (χ1) is 11.3. The Kier molecular flexibility index (Phi) is 4.53. The van der Waals surface area contributed by atoms with Gasteiger partial charge < -0.3 is 4.74 Å². The second-order valence-corrected chi connectivity index (χ2v) is 5.20. The molecule has 2 heteroatoms. The zero-order chi connectivity index (χ0) is 16.1. The third kappa shape index (κ3) is 3.32. The molecule has 0 radical (unpaired) electrons. The monoisotopic (exact) mass is 302 g/mol. The summed E-state index contributed by atoms with van der Waals surface area (Å²) in [5, 5.41) is 2.27. The molecule has 0 fully saturated rings. The molecular formula is C21H18O2. The molecule has 0 aliphatic carbocycles. The van der Waals surface area contributed by atoms with Crippen molar-refractivity contribution in [2.75, 3.05) is 6.61 Å². The number of esters is 1. The number of carbonyl (C=O) groups is 1. The molecule has 3 aromatic carbocycles. The van der Waals surface area contributed by atoms with Crippen LogP contribution in [-0.2, 0) is 9.53 Å². The van der Waals surface area contributed by atoms with Gasteiger partial charge in [0.15, 0.2) is 0 Å². The van der Waals surface area contributed by atoms with E-state index in [-0.39, 0.29) is 5.97 Å². The van der Waals surface area contributed by atoms with Crippen molar-refractivity contribution in [3.8, 4) is 0 Å². The SMILES string of the molecule is CCOC(=O)/C=C(\c1ccccc1)c1cccc2ccccc12. The lowest BCUT2D eigenvalue weighted by Crippen LogP contribution is -2.02. The summed E-state index contributed by atoms with van der Waals surface area (Å²) in [4.78, 5) is 12.0. The van der Waals surface area contributed by atoms with Crippen LogP contribution in [0, 0.1) is 0 Å². The molecule has 0 atom stereocenters. The third-order valence-electron chi connectivity index (χ3n) is 3.71. The van der Waals surface area contributed by atoms with Gasteiger partial charge in [-0.3, -0.25) is 0 Å². The smallest absolute Gasteiger partial charge is 0.331 e. The van der Waals surface area contributed by atoms with Gasteiger partial charge >= 0.3 is 5.97 Å². The molecule has 0 aliphatic heterocycles. The third-order valence-corrected chi connectivity index (χ3v) is 3.71. The molecule has 0 spiro atoms. The topological polar surface area (TPSA) is 26.3 Å². The summed E-state index contributed by atoms with van der Waals surface area (Å²) in [6, 6.07) is 24.2. The molecule has 0 unspecified atom stereocenters. The highest BCUT2D eigenvalue weighted by Gasteiger charge is 2.11. The average Bonchev–Trinajstić information content (AvgIpc) is 2.60. The molecule has 2 nitrogen and oxygen atoms in total. The Bertz CT molecular complexity index is 843. The normalized spacial score (nSPS) is 11.4. The molecule has 0 saturated heterocycles. The zero-order valence-electron chi connectivity index (χ0n) is 13.0. The van der Waals surface area contributed by atoms with E-state index >= 15 is 0 Å². The van der Waals surface area contributed by atoms with Crippen molar-refractivity contribution in [1.29, 1.82) is 0 Å². The maximum absolute atomic E-state index is 12.0. The molecule has 0 aromatic heterocycles. The Labute approximate surface area is 136 Å². The standard InChI is InChI=1S/C21H18O2/c1-2-23-21(22)15-20(17-9-4-3-5-10-17)19-14-8-12-16-11-6-7-13-18(16)19/h3-15H,2H2,1H3/b20-15+. The Morgan fingerprint density at radius 3 is 2.39 bits per heavy atom. The van der Waals surface area contributed by atoms with E-state index in [0.29, 0.717) is 6.61 Å². The first-order valence-electron chi connectivity index (χ1n) is 7.71. The zero-order valence-corrected chi connectivity index (χ0v) is 13.0. The quantitative estimate of drug-likeness (QED) is 0.509. The van der Waals surface area contributed by atoms with Crippen LogP contribution in [-0.4, -0.2) is 12.6 Å². The second-order valence-electron chi connectivity index (χ2n) is 5.20. The van der Waals surface area contributed by atoms with Crippen molar-refractivity contribution in [1.82, 2.24) is 0 Å². The van der Waals surface area contributed by atoms with Crippen LogP contribution in [0.4, 0.5) is 0 Å². The van der Waals surface area contributed by atoms with Crippen molar-refractivity contribution >= 4 is 22.3 Å². The number of carbonyl (C=O) groups excluding carboxylic acids is 1. The van der Waals surface area contributed by atoms with E-state index in [1.54, 1.807) is 6.08 Å². The molecule has 114 valence electrons. The molecule has 3 aromatic rings. The fraction of sp³-hybridized carbons (Fsp3) is 0.0952. The summed E-state index contributed by atoms with van der Waals surface area (Å²) in [6.07, 6.45) is 1.58. The lowest BCUT2D eigenvalue weighted by atomic mass is 9.93. The Hall–Kier alpha value is -2.87. The summed E-state index contributed by atoms with van der Waals surface area (Å²) >= 11 is 0. The Morgan fingerprint density at radius 1 is 0.913 bits per heavy atom.